The predicted molar refractivity (Wildman–Crippen MR) is 397 cm³/mol. The summed E-state index contributed by atoms with van der Waals surface area (Å²) in [7, 11) is 11.9. The average molecular weight is 1460 g/mol. The summed E-state index contributed by atoms with van der Waals surface area (Å²) >= 11 is 0. The van der Waals surface area contributed by atoms with Gasteiger partial charge >= 0.3 is 5.97 Å². The van der Waals surface area contributed by atoms with Crippen molar-refractivity contribution in [1.82, 2.24) is 60.5 Å². The monoisotopic (exact) mass is 1460 g/mol. The number of rotatable bonds is 40. The first-order valence-electron chi connectivity index (χ1n) is 37.3. The Bertz CT molecular complexity index is 3150. The van der Waals surface area contributed by atoms with Gasteiger partial charge in [-0.25, -0.2) is 0 Å². The topological polar surface area (TPSA) is 318 Å². The van der Waals surface area contributed by atoms with Gasteiger partial charge in [-0.15, -0.1) is 0 Å². The molecule has 2 aromatic rings. The second-order valence-corrected chi connectivity index (χ2v) is 29.8. The van der Waals surface area contributed by atoms with E-state index >= 15 is 24.0 Å². The smallest absolute Gasteiger partial charge is 0.305 e. The standard InChI is InChI=1S/C77H124N12O15/c1-20-51(8)66(80-63(90)37-38-78-12)76(101)87(18)60(43-49(4)5)73(98)82(13)52(9)70(95)84(15)58(42-48(2)3)69(94)81-67(54(11)104-65-36-28-31-41-103-65)77(102)88(19)62(46-56-34-26-22-27-35-56)74(99)83(14)53(10)71(96)86(17)61(44-50(6)7)75(100)85(16)59(45-55-32-24-21-25-33-55)68(93)79-57(47-64(91)92)72(97)89-39-29-23-30-40-89/h21-22,24-27,32-35,48-54,57-62,65-67,78H,20,23,28-31,36-47H2,1-19H3,(H,79,93)(H,80,90)(H,81,94)(H,91,92)/t51-,52-,53-,54+,57-,58-,59-,60-,61-,62-,65?,66-,67-/m0/s1. The lowest BCUT2D eigenvalue weighted by atomic mass is 9.95. The Morgan fingerprint density at radius 1 is 0.510 bits per heavy atom. The Balaban J connectivity index is 1.71. The van der Waals surface area contributed by atoms with Gasteiger partial charge in [-0.2, -0.15) is 0 Å². The maximum absolute atomic E-state index is 15.7. The number of likely N-dealkylation sites (tertiary alicyclic amines) is 1. The number of nitrogens with zero attached hydrogens (tertiary/aromatic N) is 8. The molecule has 0 aromatic heterocycles. The van der Waals surface area contributed by atoms with Gasteiger partial charge in [-0.3, -0.25) is 57.5 Å². The predicted octanol–water partition coefficient (Wildman–Crippen LogP) is 4.97. The van der Waals surface area contributed by atoms with Gasteiger partial charge in [-0.1, -0.05) is 122 Å². The number of nitrogens with one attached hydrogen (secondary N) is 4. The van der Waals surface area contributed by atoms with E-state index in [0.717, 1.165) is 32.1 Å². The number of hydrogen-bond donors (Lipinski definition) is 5. The van der Waals surface area contributed by atoms with E-state index in [1.807, 2.05) is 55.4 Å². The molecule has 2 aromatic carbocycles. The van der Waals surface area contributed by atoms with E-state index < -0.39 is 144 Å². The van der Waals surface area contributed by atoms with Crippen LogP contribution in [0.2, 0.25) is 0 Å². The molecule has 0 saturated carbocycles. The van der Waals surface area contributed by atoms with E-state index in [9.17, 15) is 38.7 Å². The molecule has 104 heavy (non-hydrogen) atoms. The molecule has 0 aliphatic carbocycles. The number of carboxylic acid groups (broad SMARTS) is 1. The summed E-state index contributed by atoms with van der Waals surface area (Å²) in [4.78, 5) is 185. The van der Waals surface area contributed by atoms with Crippen LogP contribution in [0, 0.1) is 23.7 Å². The summed E-state index contributed by atoms with van der Waals surface area (Å²) in [6.07, 6.45) is 2.86. The normalized spacial score (nSPS) is 17.4. The zero-order valence-electron chi connectivity index (χ0n) is 65.5. The third kappa shape index (κ3) is 25.6. The van der Waals surface area contributed by atoms with E-state index in [1.54, 1.807) is 79.5 Å². The largest absolute Gasteiger partial charge is 0.481 e. The highest BCUT2D eigenvalue weighted by molar-refractivity contribution is 5.99. The molecule has 27 nitrogen and oxygen atoms in total. The van der Waals surface area contributed by atoms with Crippen molar-refractivity contribution in [3.05, 3.63) is 71.8 Å². The number of benzene rings is 2. The molecule has 0 spiro atoms. The zero-order chi connectivity index (χ0) is 78.0. The molecule has 0 radical (unpaired) electrons. The van der Waals surface area contributed by atoms with Crippen LogP contribution in [0.25, 0.3) is 0 Å². The Kier molecular flexibility index (Phi) is 36.4. The van der Waals surface area contributed by atoms with Gasteiger partial charge in [0, 0.05) is 94.8 Å². The SMILES string of the molecule is CC[C@H](C)[C@H](NC(=O)CCNC)C(=O)N(C)[C@@H](CC(C)C)C(=O)N(C)[C@@H](C)C(=O)N(C)[C@@H](CC(C)C)C(=O)N[C@H](C(=O)N(C)[C@@H](Cc1ccccc1)C(=O)N(C)[C@@H](C)C(=O)N(C)[C@@H](CC(C)C)C(=O)N(C)[C@@H](Cc1ccccc1)C(=O)N[C@@H](CC(=O)O)C(=O)N1CCCCC1)[C@@H](C)OC1CCCCO1. The summed E-state index contributed by atoms with van der Waals surface area (Å²) in [6, 6.07) is 5.32. The highest BCUT2D eigenvalue weighted by atomic mass is 16.7. The molecular formula is C77H124N12O15. The molecule has 2 aliphatic rings. The summed E-state index contributed by atoms with van der Waals surface area (Å²) in [5, 5.41) is 21.4. The third-order valence-electron chi connectivity index (χ3n) is 20.3. The highest BCUT2D eigenvalue weighted by Crippen LogP contribution is 2.26. The van der Waals surface area contributed by atoms with Gasteiger partial charge in [0.15, 0.2) is 6.29 Å². The minimum Gasteiger partial charge on any atom is -0.481 e. The van der Waals surface area contributed by atoms with E-state index in [2.05, 4.69) is 21.3 Å². The first-order valence-corrected chi connectivity index (χ1v) is 37.3. The van der Waals surface area contributed by atoms with Gasteiger partial charge < -0.3 is 75.0 Å². The lowest BCUT2D eigenvalue weighted by molar-refractivity contribution is -0.193. The number of hydrogen-bond acceptors (Lipinski definition) is 15. The van der Waals surface area contributed by atoms with Crippen LogP contribution in [0.15, 0.2) is 60.7 Å². The van der Waals surface area contributed by atoms with Gasteiger partial charge in [0.1, 0.15) is 60.4 Å². The molecule has 2 fully saturated rings. The van der Waals surface area contributed by atoms with Crippen molar-refractivity contribution in [2.75, 3.05) is 82.6 Å². The van der Waals surface area contributed by atoms with Crippen molar-refractivity contribution in [3.8, 4) is 0 Å². The van der Waals surface area contributed by atoms with Crippen LogP contribution in [-0.4, -0.2) is 271 Å². The fourth-order valence-electron chi connectivity index (χ4n) is 13.2. The molecule has 11 amide bonds. The fraction of sp³-hybridized carbons (Fsp3) is 0.688. The first-order chi connectivity index (χ1) is 49.0. The van der Waals surface area contributed by atoms with E-state index in [-0.39, 0.29) is 68.1 Å². The molecule has 5 N–H and O–H groups in total. The van der Waals surface area contributed by atoms with Gasteiger partial charge in [0.25, 0.3) is 0 Å². The van der Waals surface area contributed by atoms with E-state index in [1.165, 1.54) is 97.5 Å². The van der Waals surface area contributed by atoms with Crippen molar-refractivity contribution in [1.29, 1.82) is 0 Å². The van der Waals surface area contributed by atoms with Crippen LogP contribution in [0.5, 0.6) is 0 Å². The number of carbonyl (C=O) groups excluding carboxylic acids is 11. The van der Waals surface area contributed by atoms with Crippen LogP contribution in [-0.2, 0) is 79.8 Å². The first kappa shape index (κ1) is 88.4. The second-order valence-electron chi connectivity index (χ2n) is 29.8. The van der Waals surface area contributed by atoms with Crippen LogP contribution < -0.4 is 21.3 Å². The number of aliphatic carboxylic acids is 1. The van der Waals surface area contributed by atoms with Crippen molar-refractivity contribution < 1.29 is 72.1 Å². The van der Waals surface area contributed by atoms with Crippen molar-refractivity contribution in [2.45, 2.75) is 239 Å². The molecule has 2 aliphatic heterocycles. The second kappa shape index (κ2) is 42.8. The molecule has 0 bridgehead atoms. The average Bonchev–Trinajstić information content (AvgIpc) is 0.792. The quantitative estimate of drug-likeness (QED) is 0.0588. The Hall–Kier alpha value is -8.04. The molecule has 582 valence electrons. The maximum atomic E-state index is 15.7. The van der Waals surface area contributed by atoms with Crippen molar-refractivity contribution in [3.63, 3.8) is 0 Å². The summed E-state index contributed by atoms with van der Waals surface area (Å²) < 4.78 is 12.4. The molecule has 4 rings (SSSR count). The third-order valence-corrected chi connectivity index (χ3v) is 20.3. The van der Waals surface area contributed by atoms with Crippen LogP contribution in [0.1, 0.15) is 164 Å². The van der Waals surface area contributed by atoms with Gasteiger partial charge in [-0.05, 0) is 120 Å². The number of carboxylic acids is 1. The number of amides is 11. The number of piperidine rings is 1. The molecular weight excluding hydrogens is 1330 g/mol. The summed E-state index contributed by atoms with van der Waals surface area (Å²) in [5.41, 5.74) is 1.30. The molecule has 1 unspecified atom stereocenters. The summed E-state index contributed by atoms with van der Waals surface area (Å²) in [6.45, 7) is 21.3. The minimum atomic E-state index is -1.53. The molecule has 2 heterocycles. The van der Waals surface area contributed by atoms with Crippen LogP contribution in [0.4, 0.5) is 0 Å². The zero-order valence-corrected chi connectivity index (χ0v) is 65.5. The van der Waals surface area contributed by atoms with Crippen LogP contribution in [0.3, 0.4) is 0 Å². The number of likely N-dealkylation sites (N-methyl/N-ethyl adjacent to an activating group) is 7. The van der Waals surface area contributed by atoms with Gasteiger partial charge in [0.05, 0.1) is 12.5 Å². The van der Waals surface area contributed by atoms with Gasteiger partial charge in [0.2, 0.25) is 65.0 Å². The van der Waals surface area contributed by atoms with Crippen LogP contribution >= 0.6 is 0 Å². The summed E-state index contributed by atoms with van der Waals surface area (Å²) in [5.74, 6) is -8.78. The molecule has 27 heteroatoms. The maximum Gasteiger partial charge on any atom is 0.305 e. The number of carbonyl (C=O) groups is 12. The Morgan fingerprint density at radius 3 is 1.41 bits per heavy atom. The Labute approximate surface area is 617 Å². The van der Waals surface area contributed by atoms with Crippen molar-refractivity contribution in [2.24, 2.45) is 23.7 Å². The lowest BCUT2D eigenvalue weighted by Gasteiger charge is -2.40. The van der Waals surface area contributed by atoms with E-state index in [4.69, 9.17) is 9.47 Å². The fourth-order valence-corrected chi connectivity index (χ4v) is 13.2. The Morgan fingerprint density at radius 2 is 0.942 bits per heavy atom. The molecule has 2 saturated heterocycles. The lowest BCUT2D eigenvalue weighted by Crippen LogP contribution is -2.63. The molecule has 13 atom stereocenters. The highest BCUT2D eigenvalue weighted by Gasteiger charge is 2.45. The minimum absolute atomic E-state index is 0.0346. The van der Waals surface area contributed by atoms with Crippen molar-refractivity contribution >= 4 is 70.9 Å². The van der Waals surface area contributed by atoms with E-state index in [0.29, 0.717) is 50.2 Å². The number of ether oxygens (including phenoxy) is 2.